The minimum absolute atomic E-state index is 0.0848. The molecule has 0 aliphatic heterocycles. The Morgan fingerprint density at radius 2 is 1.55 bits per heavy atom. The van der Waals surface area contributed by atoms with E-state index in [-0.39, 0.29) is 17.6 Å². The van der Waals surface area contributed by atoms with Gasteiger partial charge in [0.2, 0.25) is 0 Å². The molecular formula is C34H65N5O3+2. The van der Waals surface area contributed by atoms with E-state index in [1.54, 1.807) is 0 Å². The third-order valence-corrected chi connectivity index (χ3v) is 12.2. The summed E-state index contributed by atoms with van der Waals surface area (Å²) in [4.78, 5) is 20.8. The fourth-order valence-corrected chi connectivity index (χ4v) is 9.62. The molecule has 4 saturated carbocycles. The molecule has 4 rings (SSSR count). The summed E-state index contributed by atoms with van der Waals surface area (Å²) in [6.45, 7) is 12.0. The highest BCUT2D eigenvalue weighted by Crippen LogP contribution is 2.67. The fraction of sp³-hybridized carbons (Fsp3) is 0.941. The molecule has 242 valence electrons. The van der Waals surface area contributed by atoms with Gasteiger partial charge in [0.1, 0.15) is 0 Å². The van der Waals surface area contributed by atoms with Gasteiger partial charge in [-0.15, -0.1) is 0 Å². The second kappa shape index (κ2) is 13.0. The molecule has 0 aromatic rings. The van der Waals surface area contributed by atoms with Crippen LogP contribution in [0, 0.1) is 40.4 Å². The molecule has 8 heteroatoms. The van der Waals surface area contributed by atoms with Crippen LogP contribution in [0.15, 0.2) is 5.16 Å². The Morgan fingerprint density at radius 3 is 2.24 bits per heavy atom. The van der Waals surface area contributed by atoms with Gasteiger partial charge >= 0.3 is 6.09 Å². The molecule has 0 aromatic carbocycles. The highest BCUT2D eigenvalue weighted by atomic mass is 16.7. The minimum Gasteiger partial charge on any atom is -0.393 e. The van der Waals surface area contributed by atoms with E-state index in [2.05, 4.69) is 73.5 Å². The highest BCUT2D eigenvalue weighted by Gasteiger charge is 2.60. The van der Waals surface area contributed by atoms with Crippen LogP contribution in [0.4, 0.5) is 4.79 Å². The van der Waals surface area contributed by atoms with Crippen LogP contribution in [-0.2, 0) is 4.84 Å². The predicted molar refractivity (Wildman–Crippen MR) is 171 cm³/mol. The van der Waals surface area contributed by atoms with E-state index >= 15 is 0 Å². The molecule has 4 aliphatic carbocycles. The maximum Gasteiger partial charge on any atom is 0.436 e. The van der Waals surface area contributed by atoms with Gasteiger partial charge < -0.3 is 19.4 Å². The number of hydrogen-bond donors (Lipinski definition) is 2. The van der Waals surface area contributed by atoms with Gasteiger partial charge in [-0.25, -0.2) is 4.79 Å². The Balaban J connectivity index is 1.37. The van der Waals surface area contributed by atoms with Crippen LogP contribution in [0.1, 0.15) is 78.6 Å². The Hall–Kier alpha value is -1.22. The van der Waals surface area contributed by atoms with Gasteiger partial charge in [-0.3, -0.25) is 9.74 Å². The number of nitrogens with zero attached hydrogens (tertiary/aromatic N) is 4. The summed E-state index contributed by atoms with van der Waals surface area (Å²) in [5.74, 6) is 3.38. The van der Waals surface area contributed by atoms with E-state index in [1.165, 1.54) is 38.5 Å². The van der Waals surface area contributed by atoms with E-state index in [4.69, 9.17) is 4.84 Å². The number of fused-ring (bicyclic) bond motifs is 5. The zero-order chi connectivity index (χ0) is 30.9. The molecule has 0 heterocycles. The average molecular weight is 592 g/mol. The molecular weight excluding hydrogens is 526 g/mol. The maximum absolute atomic E-state index is 13.3. The number of aliphatic hydroxyl groups is 1. The quantitative estimate of drug-likeness (QED) is 0.119. The monoisotopic (exact) mass is 592 g/mol. The second-order valence-corrected chi connectivity index (χ2v) is 17.1. The second-order valence-electron chi connectivity index (χ2n) is 17.1. The van der Waals surface area contributed by atoms with E-state index < -0.39 is 0 Å². The Kier molecular flexibility index (Phi) is 10.4. The Bertz CT molecular complexity index is 958. The van der Waals surface area contributed by atoms with Crippen LogP contribution in [-0.4, -0.2) is 118 Å². The number of carbonyl (C=O) groups is 1. The van der Waals surface area contributed by atoms with Gasteiger partial charge in [-0.1, -0.05) is 19.0 Å². The third kappa shape index (κ3) is 7.70. The molecule has 8 atom stereocenters. The largest absolute Gasteiger partial charge is 0.436 e. The van der Waals surface area contributed by atoms with Crippen molar-refractivity contribution in [2.75, 3.05) is 81.6 Å². The summed E-state index contributed by atoms with van der Waals surface area (Å²) in [6, 6.07) is 0. The van der Waals surface area contributed by atoms with Crippen molar-refractivity contribution in [1.29, 1.82) is 0 Å². The summed E-state index contributed by atoms with van der Waals surface area (Å²) in [5.41, 5.74) is 1.63. The maximum atomic E-state index is 13.3. The van der Waals surface area contributed by atoms with Crippen LogP contribution in [0.25, 0.3) is 0 Å². The summed E-state index contributed by atoms with van der Waals surface area (Å²) in [5, 5.41) is 18.4. The van der Waals surface area contributed by atoms with Crippen LogP contribution < -0.4 is 5.32 Å². The average Bonchev–Trinajstić information content (AvgIpc) is 3.25. The Morgan fingerprint density at radius 1 is 0.881 bits per heavy atom. The molecule has 0 unspecified atom stereocenters. The summed E-state index contributed by atoms with van der Waals surface area (Å²) < 4.78 is 1.71. The third-order valence-electron chi connectivity index (χ3n) is 12.2. The van der Waals surface area contributed by atoms with E-state index in [0.717, 1.165) is 77.9 Å². The summed E-state index contributed by atoms with van der Waals surface area (Å²) in [6.07, 6.45) is 10.3. The molecule has 42 heavy (non-hydrogen) atoms. The first-order valence-electron chi connectivity index (χ1n) is 17.0. The lowest BCUT2D eigenvalue weighted by atomic mass is 9.44. The van der Waals surface area contributed by atoms with Crippen LogP contribution in [0.5, 0.6) is 0 Å². The van der Waals surface area contributed by atoms with Crippen molar-refractivity contribution >= 4 is 11.8 Å². The van der Waals surface area contributed by atoms with Gasteiger partial charge in [0.25, 0.3) is 0 Å². The highest BCUT2D eigenvalue weighted by molar-refractivity contribution is 5.85. The molecule has 0 aromatic heterocycles. The number of nitrogens with one attached hydrogen (secondary N) is 1. The van der Waals surface area contributed by atoms with Crippen molar-refractivity contribution in [1.82, 2.24) is 10.2 Å². The van der Waals surface area contributed by atoms with Crippen LogP contribution in [0.2, 0.25) is 0 Å². The molecule has 4 fully saturated rings. The van der Waals surface area contributed by atoms with Crippen molar-refractivity contribution in [2.45, 2.75) is 84.7 Å². The molecule has 8 nitrogen and oxygen atoms in total. The van der Waals surface area contributed by atoms with Crippen molar-refractivity contribution in [2.24, 2.45) is 45.6 Å². The molecule has 0 spiro atoms. The molecule has 0 saturated heterocycles. The first kappa shape index (κ1) is 33.7. The van der Waals surface area contributed by atoms with Crippen LogP contribution >= 0.6 is 0 Å². The van der Waals surface area contributed by atoms with Crippen molar-refractivity contribution in [3.05, 3.63) is 0 Å². The normalized spacial score (nSPS) is 37.0. The van der Waals surface area contributed by atoms with Crippen molar-refractivity contribution < 1.29 is 23.7 Å². The predicted octanol–water partition coefficient (Wildman–Crippen LogP) is 4.82. The number of rotatable bonds is 11. The molecule has 1 amide bonds. The smallest absolute Gasteiger partial charge is 0.393 e. The first-order valence-corrected chi connectivity index (χ1v) is 17.0. The summed E-state index contributed by atoms with van der Waals surface area (Å²) >= 11 is 0. The lowest BCUT2D eigenvalue weighted by Crippen LogP contribution is -2.54. The molecule has 2 N–H and O–H groups in total. The van der Waals surface area contributed by atoms with Gasteiger partial charge in [-0.05, 0) is 99.2 Å². The first-order chi connectivity index (χ1) is 19.5. The minimum atomic E-state index is -0.328. The number of amides is 1. The number of hydrogen-bond acceptors (Lipinski definition) is 5. The fourth-order valence-electron chi connectivity index (χ4n) is 9.62. The van der Waals surface area contributed by atoms with E-state index in [9.17, 15) is 9.90 Å². The number of likely N-dealkylation sites (N-methyl/N-ethyl adjacent to an activating group) is 2. The summed E-state index contributed by atoms with van der Waals surface area (Å²) in [7, 11) is 13.0. The zero-order valence-corrected chi connectivity index (χ0v) is 28.6. The molecule has 0 radical (unpaired) electrons. The number of oxime groups is 1. The van der Waals surface area contributed by atoms with E-state index in [0.29, 0.717) is 30.3 Å². The van der Waals surface area contributed by atoms with Gasteiger partial charge in [-0.2, -0.15) is 0 Å². The Labute approximate surface area is 257 Å². The number of aliphatic hydroxyl groups excluding tert-OH is 1. The molecule has 0 bridgehead atoms. The van der Waals surface area contributed by atoms with Crippen molar-refractivity contribution in [3.8, 4) is 0 Å². The van der Waals surface area contributed by atoms with Crippen molar-refractivity contribution in [3.63, 3.8) is 0 Å². The van der Waals surface area contributed by atoms with Gasteiger partial charge in [0.15, 0.2) is 0 Å². The lowest BCUT2D eigenvalue weighted by molar-refractivity contribution is -0.869. The number of quaternary nitrogens is 2. The van der Waals surface area contributed by atoms with Gasteiger partial charge in [0.05, 0.1) is 73.7 Å². The molecule has 4 aliphatic rings. The lowest BCUT2D eigenvalue weighted by Gasteiger charge is -2.61. The van der Waals surface area contributed by atoms with E-state index in [1.807, 2.05) is 4.90 Å². The van der Waals surface area contributed by atoms with Crippen LogP contribution in [0.3, 0.4) is 0 Å². The zero-order valence-electron chi connectivity index (χ0n) is 28.6. The van der Waals surface area contributed by atoms with Gasteiger partial charge in [0, 0.05) is 25.6 Å². The topological polar surface area (TPSA) is 74.2 Å². The number of carbonyl (C=O) groups excluding carboxylic acids is 1. The standard InChI is InChI=1S/C34H65N5O3/c1-25(36-42-32(41)37(21-23-39(7,8)9)20-18-35-19-22-38(4,5)6)29-12-13-30-28-11-10-26-24-27(40)14-16-33(26,2)31(28)15-17-34(29,30)3/h26-31,35,40H,10-24H2,1-9H3/q+2/b36-25+/t26-,27-,28-,29+,30-,31-,33-,34+/m0/s1. The SMILES string of the molecule is C/C(=N\OC(=O)N(CCNCC[N+](C)(C)C)CC[N+](C)(C)C)[C@H]1CC[C@H]2[C@@H]3CC[C@H]4C[C@@H](O)CC[C@]4(C)[C@H]3CC[C@]12C.